The van der Waals surface area contributed by atoms with E-state index in [2.05, 4.69) is 237 Å². The molecule has 1 nitrogen and oxygen atoms in total. The molecule has 0 saturated heterocycles. The second kappa shape index (κ2) is 15.8. The number of hydrogen-bond donors (Lipinski definition) is 0. The van der Waals surface area contributed by atoms with Gasteiger partial charge in [-0.15, -0.1) is 0 Å². The molecular weight excluding hydrogens is 782 g/mol. The van der Waals surface area contributed by atoms with Crippen molar-refractivity contribution < 1.29 is 0 Å². The minimum Gasteiger partial charge on any atom is -0.310 e. The van der Waals surface area contributed by atoms with Crippen LogP contribution in [0.15, 0.2) is 231 Å². The predicted octanol–water partition coefficient (Wildman–Crippen LogP) is 17.6. The summed E-state index contributed by atoms with van der Waals surface area (Å²) in [6.45, 7) is 4.70. The van der Waals surface area contributed by atoms with Crippen LogP contribution in [0.5, 0.6) is 0 Å². The molecule has 10 aromatic rings. The maximum absolute atomic E-state index is 6.60. The SMILES string of the molecule is CC1(C)c2ccccc2-c2c(N(c3ccc(-c4ccccc4)cc3)c3ccc(-c4c(-c5ccc(Cl)cc5)c(-c5ccccc5)c5ccccc5c4-c4ccccc4)cc3)cccc21. The number of nitrogens with zero attached hydrogens (tertiary/aromatic N) is 1. The maximum Gasteiger partial charge on any atom is 0.0543 e. The third kappa shape index (κ3) is 6.65. The summed E-state index contributed by atoms with van der Waals surface area (Å²) in [7, 11) is 0. The largest absolute Gasteiger partial charge is 0.310 e. The topological polar surface area (TPSA) is 3.24 Å². The van der Waals surface area contributed by atoms with Crippen molar-refractivity contribution >= 4 is 39.4 Å². The molecule has 0 amide bonds. The Bertz CT molecular complexity index is 3260. The first-order valence-corrected chi connectivity index (χ1v) is 22.1. The van der Waals surface area contributed by atoms with Crippen molar-refractivity contribution in [1.29, 1.82) is 0 Å². The normalized spacial score (nSPS) is 12.5. The Kier molecular flexibility index (Phi) is 9.64. The van der Waals surface area contributed by atoms with E-state index in [1.165, 1.54) is 77.5 Å². The molecule has 0 aromatic heterocycles. The Labute approximate surface area is 375 Å². The number of benzene rings is 10. The van der Waals surface area contributed by atoms with E-state index in [0.29, 0.717) is 5.02 Å². The van der Waals surface area contributed by atoms with Gasteiger partial charge in [0.15, 0.2) is 0 Å². The van der Waals surface area contributed by atoms with Crippen LogP contribution in [0.1, 0.15) is 25.0 Å². The Morgan fingerprint density at radius 1 is 0.317 bits per heavy atom. The lowest BCUT2D eigenvalue weighted by Crippen LogP contribution is -2.16. The number of halogens is 1. The second-order valence-corrected chi connectivity index (χ2v) is 17.4. The van der Waals surface area contributed by atoms with Gasteiger partial charge >= 0.3 is 0 Å². The molecule has 0 unspecified atom stereocenters. The molecule has 2 heteroatoms. The van der Waals surface area contributed by atoms with Crippen LogP contribution in [-0.2, 0) is 5.41 Å². The van der Waals surface area contributed by atoms with E-state index in [9.17, 15) is 0 Å². The molecule has 1 aliphatic rings. The van der Waals surface area contributed by atoms with Crippen LogP contribution in [0.2, 0.25) is 5.02 Å². The maximum atomic E-state index is 6.60. The van der Waals surface area contributed by atoms with Gasteiger partial charge < -0.3 is 4.90 Å². The van der Waals surface area contributed by atoms with Gasteiger partial charge in [0.2, 0.25) is 0 Å². The first kappa shape index (κ1) is 38.5. The number of anilines is 3. The highest BCUT2D eigenvalue weighted by molar-refractivity contribution is 6.30. The fourth-order valence-electron chi connectivity index (χ4n) is 10.0. The van der Waals surface area contributed by atoms with Crippen LogP contribution >= 0.6 is 11.6 Å². The lowest BCUT2D eigenvalue weighted by atomic mass is 9.79. The Balaban J connectivity index is 1.17. The fraction of sp³-hybridized carbons (Fsp3) is 0.0492. The third-order valence-electron chi connectivity index (χ3n) is 12.9. The quantitative estimate of drug-likeness (QED) is 0.148. The van der Waals surface area contributed by atoms with Crippen molar-refractivity contribution in [2.45, 2.75) is 19.3 Å². The molecule has 0 N–H and O–H groups in total. The summed E-state index contributed by atoms with van der Waals surface area (Å²) >= 11 is 6.60. The lowest BCUT2D eigenvalue weighted by Gasteiger charge is -2.29. The first-order chi connectivity index (χ1) is 31.0. The van der Waals surface area contributed by atoms with Crippen molar-refractivity contribution in [2.75, 3.05) is 4.90 Å². The zero-order chi connectivity index (χ0) is 42.5. The molecular formula is C61H44ClN. The van der Waals surface area contributed by atoms with Crippen LogP contribution in [0.25, 0.3) is 77.5 Å². The van der Waals surface area contributed by atoms with E-state index >= 15 is 0 Å². The van der Waals surface area contributed by atoms with E-state index in [1.54, 1.807) is 0 Å². The summed E-state index contributed by atoms with van der Waals surface area (Å²) in [4.78, 5) is 2.45. The van der Waals surface area contributed by atoms with Crippen LogP contribution < -0.4 is 4.90 Å². The molecule has 0 fully saturated rings. The molecule has 1 aliphatic carbocycles. The second-order valence-electron chi connectivity index (χ2n) is 16.9. The monoisotopic (exact) mass is 825 g/mol. The average Bonchev–Trinajstić information content (AvgIpc) is 3.58. The van der Waals surface area contributed by atoms with Gasteiger partial charge in [-0.2, -0.15) is 0 Å². The highest BCUT2D eigenvalue weighted by Crippen LogP contribution is 2.55. The molecule has 63 heavy (non-hydrogen) atoms. The Morgan fingerprint density at radius 2 is 0.714 bits per heavy atom. The highest BCUT2D eigenvalue weighted by Gasteiger charge is 2.37. The number of hydrogen-bond acceptors (Lipinski definition) is 1. The molecule has 11 rings (SSSR count). The fourth-order valence-corrected chi connectivity index (χ4v) is 10.1. The van der Waals surface area contributed by atoms with Crippen LogP contribution in [-0.4, -0.2) is 0 Å². The minimum atomic E-state index is -0.132. The summed E-state index contributed by atoms with van der Waals surface area (Å²) in [6.07, 6.45) is 0. The zero-order valence-electron chi connectivity index (χ0n) is 35.3. The molecule has 0 radical (unpaired) electrons. The van der Waals surface area contributed by atoms with E-state index < -0.39 is 0 Å². The van der Waals surface area contributed by atoms with E-state index in [-0.39, 0.29) is 5.41 Å². The van der Waals surface area contributed by atoms with Crippen LogP contribution in [0.4, 0.5) is 17.1 Å². The number of fused-ring (bicyclic) bond motifs is 4. The summed E-state index contributed by atoms with van der Waals surface area (Å²) in [5.41, 5.74) is 20.2. The molecule has 10 aromatic carbocycles. The van der Waals surface area contributed by atoms with Gasteiger partial charge in [0.05, 0.1) is 5.69 Å². The van der Waals surface area contributed by atoms with Crippen LogP contribution in [0, 0.1) is 0 Å². The van der Waals surface area contributed by atoms with Crippen molar-refractivity contribution in [3.05, 3.63) is 247 Å². The van der Waals surface area contributed by atoms with Gasteiger partial charge in [0.1, 0.15) is 0 Å². The predicted molar refractivity (Wildman–Crippen MR) is 268 cm³/mol. The smallest absolute Gasteiger partial charge is 0.0543 e. The van der Waals surface area contributed by atoms with Crippen LogP contribution in [0.3, 0.4) is 0 Å². The molecule has 0 heterocycles. The van der Waals surface area contributed by atoms with Gasteiger partial charge in [0.25, 0.3) is 0 Å². The Morgan fingerprint density at radius 3 is 1.25 bits per heavy atom. The van der Waals surface area contributed by atoms with E-state index in [4.69, 9.17) is 11.6 Å². The van der Waals surface area contributed by atoms with E-state index in [1.807, 2.05) is 12.1 Å². The summed E-state index contributed by atoms with van der Waals surface area (Å²) in [5, 5.41) is 3.13. The van der Waals surface area contributed by atoms with Crippen molar-refractivity contribution in [1.82, 2.24) is 0 Å². The highest BCUT2D eigenvalue weighted by atomic mass is 35.5. The zero-order valence-corrected chi connectivity index (χ0v) is 36.0. The lowest BCUT2D eigenvalue weighted by molar-refractivity contribution is 0.660. The van der Waals surface area contributed by atoms with Gasteiger partial charge in [-0.25, -0.2) is 0 Å². The summed E-state index contributed by atoms with van der Waals surface area (Å²) in [6, 6.07) is 83.6. The van der Waals surface area contributed by atoms with Gasteiger partial charge in [-0.05, 0) is 126 Å². The summed E-state index contributed by atoms with van der Waals surface area (Å²) < 4.78 is 0. The third-order valence-corrected chi connectivity index (χ3v) is 13.2. The van der Waals surface area contributed by atoms with Crippen molar-refractivity contribution in [2.24, 2.45) is 0 Å². The standard InChI is InChI=1S/C61H44ClN/c1-61(2)53-26-15-14-25-52(53)60-54(61)27-16-28-55(60)63(48-37-31-42(32-38-48)41-17-6-3-7-18-41)49-39-33-46(34-40-49)59-57(44-21-10-5-11-22-44)51-24-13-12-23-50(51)56(43-19-8-4-9-20-43)58(59)45-29-35-47(62)36-30-45/h3-40H,1-2H3. The van der Waals surface area contributed by atoms with Crippen molar-refractivity contribution in [3.63, 3.8) is 0 Å². The molecule has 0 saturated carbocycles. The molecule has 0 spiro atoms. The minimum absolute atomic E-state index is 0.132. The molecule has 0 bridgehead atoms. The molecule has 0 aliphatic heterocycles. The average molecular weight is 826 g/mol. The van der Waals surface area contributed by atoms with Crippen molar-refractivity contribution in [3.8, 4) is 66.8 Å². The number of rotatable bonds is 8. The van der Waals surface area contributed by atoms with E-state index in [0.717, 1.165) is 28.2 Å². The summed E-state index contributed by atoms with van der Waals surface area (Å²) in [5.74, 6) is 0. The molecule has 300 valence electrons. The van der Waals surface area contributed by atoms with Gasteiger partial charge in [-0.1, -0.05) is 214 Å². The Hall–Kier alpha value is -7.45. The van der Waals surface area contributed by atoms with Gasteiger partial charge in [0, 0.05) is 27.4 Å². The first-order valence-electron chi connectivity index (χ1n) is 21.7. The van der Waals surface area contributed by atoms with Gasteiger partial charge in [-0.3, -0.25) is 0 Å². The molecule has 0 atom stereocenters.